The van der Waals surface area contributed by atoms with Gasteiger partial charge in [-0.3, -0.25) is 9.59 Å². The van der Waals surface area contributed by atoms with Crippen molar-refractivity contribution >= 4 is 52.6 Å². The van der Waals surface area contributed by atoms with Crippen molar-refractivity contribution in [2.24, 2.45) is 0 Å². The van der Waals surface area contributed by atoms with Gasteiger partial charge in [0, 0.05) is 28.6 Å². The van der Waals surface area contributed by atoms with Crippen LogP contribution in [0.1, 0.15) is 30.0 Å². The molecule has 0 spiro atoms. The zero-order valence-corrected chi connectivity index (χ0v) is 17.1. The van der Waals surface area contributed by atoms with Crippen LogP contribution in [0.2, 0.25) is 10.0 Å². The van der Waals surface area contributed by atoms with Crippen molar-refractivity contribution in [3.63, 3.8) is 0 Å². The Morgan fingerprint density at radius 3 is 2.13 bits per heavy atom. The van der Waals surface area contributed by atoms with E-state index < -0.39 is 0 Å². The summed E-state index contributed by atoms with van der Waals surface area (Å²) in [6.45, 7) is 0. The first-order valence-electron chi connectivity index (χ1n) is 9.32. The molecule has 3 heterocycles. The molecule has 0 bridgehead atoms. The number of nitrogens with zero attached hydrogens (tertiary/aromatic N) is 4. The van der Waals surface area contributed by atoms with E-state index in [2.05, 4.69) is 15.4 Å². The summed E-state index contributed by atoms with van der Waals surface area (Å²) in [5, 5.41) is 9.00. The zero-order chi connectivity index (χ0) is 20.8. The van der Waals surface area contributed by atoms with Crippen LogP contribution in [0, 0.1) is 0 Å². The maximum Gasteiger partial charge on any atom is 0.260 e. The Labute approximate surface area is 181 Å². The summed E-state index contributed by atoms with van der Waals surface area (Å²) in [4.78, 5) is 29.8. The van der Waals surface area contributed by atoms with Gasteiger partial charge < -0.3 is 5.32 Å². The third-order valence-electron chi connectivity index (χ3n) is 5.07. The van der Waals surface area contributed by atoms with Gasteiger partial charge in [0.1, 0.15) is 6.04 Å². The van der Waals surface area contributed by atoms with Crippen LogP contribution in [-0.4, -0.2) is 26.6 Å². The number of allylic oxidation sites excluding steroid dienone is 1. The van der Waals surface area contributed by atoms with E-state index in [1.165, 1.54) is 0 Å². The second-order valence-corrected chi connectivity index (χ2v) is 7.88. The van der Waals surface area contributed by atoms with Crippen molar-refractivity contribution in [3.05, 3.63) is 75.8 Å². The van der Waals surface area contributed by atoms with E-state index >= 15 is 0 Å². The van der Waals surface area contributed by atoms with Gasteiger partial charge >= 0.3 is 0 Å². The number of carbonyl (C=O) groups is 2. The normalized spacial score (nSPS) is 18.3. The average molecular weight is 440 g/mol. The molecule has 2 amide bonds. The lowest BCUT2D eigenvalue weighted by Gasteiger charge is -2.24. The molecule has 1 saturated heterocycles. The monoisotopic (exact) mass is 439 g/mol. The summed E-state index contributed by atoms with van der Waals surface area (Å²) in [5.41, 5.74) is 2.67. The van der Waals surface area contributed by atoms with E-state index in [1.54, 1.807) is 16.8 Å². The molecule has 2 aliphatic heterocycles. The molecule has 1 N–H and O–H groups in total. The quantitative estimate of drug-likeness (QED) is 0.615. The second-order valence-electron chi connectivity index (χ2n) is 7.01. The molecule has 1 fully saturated rings. The lowest BCUT2D eigenvalue weighted by Crippen LogP contribution is -2.29. The maximum atomic E-state index is 12.2. The lowest BCUT2D eigenvalue weighted by molar-refractivity contribution is -0.121. The Balaban J connectivity index is 1.61. The summed E-state index contributed by atoms with van der Waals surface area (Å²) in [6.07, 6.45) is 2.35. The second kappa shape index (κ2) is 7.27. The minimum absolute atomic E-state index is 0.0784. The number of benzene rings is 2. The fourth-order valence-corrected chi connectivity index (χ4v) is 3.82. The van der Waals surface area contributed by atoms with Crippen molar-refractivity contribution in [2.75, 3.05) is 10.2 Å². The summed E-state index contributed by atoms with van der Waals surface area (Å²) in [5.74, 6) is -0.0756. The molecule has 0 aliphatic carbocycles. The molecule has 0 radical (unpaired) electrons. The van der Waals surface area contributed by atoms with E-state index in [0.717, 1.165) is 21.7 Å². The molecule has 2 aliphatic rings. The summed E-state index contributed by atoms with van der Waals surface area (Å²) in [7, 11) is 0. The molecule has 5 rings (SSSR count). The lowest BCUT2D eigenvalue weighted by atomic mass is 10.0. The number of halogens is 2. The van der Waals surface area contributed by atoms with E-state index in [9.17, 15) is 9.59 Å². The molecular weight excluding hydrogens is 425 g/mol. The standard InChI is InChI=1S/C21H15Cl2N5O2/c22-14-5-1-12(2-6-14)16-11-17(13-3-7-15(23)8-4-13)28-20(24-16)25-21(26-28)27-18(29)9-10-19(27)30/h1-8,11,17H,9-10H2,(H,24,25,26)/t17-/m1/s1. The Kier molecular flexibility index (Phi) is 4.56. The number of rotatable bonds is 3. The van der Waals surface area contributed by atoms with Crippen molar-refractivity contribution in [1.29, 1.82) is 0 Å². The Morgan fingerprint density at radius 2 is 1.50 bits per heavy atom. The molecule has 3 aromatic rings. The molecule has 2 aromatic carbocycles. The number of carbonyl (C=O) groups excluding carboxylic acids is 2. The zero-order valence-electron chi connectivity index (χ0n) is 15.5. The van der Waals surface area contributed by atoms with Gasteiger partial charge in [0.05, 0.1) is 0 Å². The number of hydrogen-bond donors (Lipinski definition) is 1. The van der Waals surface area contributed by atoms with Crippen LogP contribution in [0.5, 0.6) is 0 Å². The van der Waals surface area contributed by atoms with Crippen molar-refractivity contribution in [2.45, 2.75) is 18.9 Å². The molecule has 1 atom stereocenters. The molecule has 0 unspecified atom stereocenters. The molecular formula is C21H15Cl2N5O2. The molecule has 7 nitrogen and oxygen atoms in total. The first-order valence-corrected chi connectivity index (χ1v) is 10.1. The van der Waals surface area contributed by atoms with Crippen LogP contribution in [0.3, 0.4) is 0 Å². The largest absolute Gasteiger partial charge is 0.324 e. The summed E-state index contributed by atoms with van der Waals surface area (Å²) < 4.78 is 1.66. The highest BCUT2D eigenvalue weighted by molar-refractivity contribution is 6.30. The predicted molar refractivity (Wildman–Crippen MR) is 114 cm³/mol. The Morgan fingerprint density at radius 1 is 0.900 bits per heavy atom. The van der Waals surface area contributed by atoms with E-state index in [1.807, 2.05) is 42.5 Å². The number of anilines is 2. The Hall–Kier alpha value is -3.16. The molecule has 30 heavy (non-hydrogen) atoms. The highest BCUT2D eigenvalue weighted by Crippen LogP contribution is 2.35. The number of imide groups is 1. The number of amides is 2. The number of nitrogens with one attached hydrogen (secondary N) is 1. The first kappa shape index (κ1) is 18.8. The van der Waals surface area contributed by atoms with Gasteiger partial charge in [0.15, 0.2) is 0 Å². The van der Waals surface area contributed by atoms with Gasteiger partial charge in [0.25, 0.3) is 5.95 Å². The van der Waals surface area contributed by atoms with Crippen LogP contribution >= 0.6 is 23.2 Å². The first-order chi connectivity index (χ1) is 14.5. The van der Waals surface area contributed by atoms with Crippen LogP contribution in [0.15, 0.2) is 54.6 Å². The topological polar surface area (TPSA) is 80.1 Å². The molecule has 9 heteroatoms. The van der Waals surface area contributed by atoms with Crippen LogP contribution in [-0.2, 0) is 9.59 Å². The number of hydrogen-bond acceptors (Lipinski definition) is 5. The predicted octanol–water partition coefficient (Wildman–Crippen LogP) is 4.29. The fraction of sp³-hybridized carbons (Fsp3) is 0.143. The smallest absolute Gasteiger partial charge is 0.260 e. The van der Waals surface area contributed by atoms with Crippen molar-refractivity contribution in [1.82, 2.24) is 14.8 Å². The highest BCUT2D eigenvalue weighted by Gasteiger charge is 2.35. The fourth-order valence-electron chi connectivity index (χ4n) is 3.57. The number of aromatic nitrogens is 3. The van der Waals surface area contributed by atoms with Gasteiger partial charge in [-0.2, -0.15) is 4.98 Å². The minimum Gasteiger partial charge on any atom is -0.324 e. The molecule has 150 valence electrons. The van der Waals surface area contributed by atoms with Gasteiger partial charge in [-0.25, -0.2) is 9.58 Å². The van der Waals surface area contributed by atoms with E-state index in [0.29, 0.717) is 16.0 Å². The van der Waals surface area contributed by atoms with Crippen LogP contribution < -0.4 is 10.2 Å². The summed E-state index contributed by atoms with van der Waals surface area (Å²) in [6, 6.07) is 14.5. The summed E-state index contributed by atoms with van der Waals surface area (Å²) >= 11 is 12.1. The molecule has 1 aromatic heterocycles. The van der Waals surface area contributed by atoms with Gasteiger partial charge in [-0.1, -0.05) is 47.5 Å². The maximum absolute atomic E-state index is 12.2. The van der Waals surface area contributed by atoms with Crippen LogP contribution in [0.25, 0.3) is 5.70 Å². The van der Waals surface area contributed by atoms with Crippen LogP contribution in [0.4, 0.5) is 11.9 Å². The van der Waals surface area contributed by atoms with Gasteiger partial charge in [-0.15, -0.1) is 5.10 Å². The van der Waals surface area contributed by atoms with E-state index in [4.69, 9.17) is 23.2 Å². The highest BCUT2D eigenvalue weighted by atomic mass is 35.5. The third kappa shape index (κ3) is 3.26. The van der Waals surface area contributed by atoms with Crippen molar-refractivity contribution in [3.8, 4) is 0 Å². The van der Waals surface area contributed by atoms with E-state index in [-0.39, 0.29) is 36.6 Å². The van der Waals surface area contributed by atoms with Crippen molar-refractivity contribution < 1.29 is 9.59 Å². The number of fused-ring (bicyclic) bond motifs is 1. The molecule has 0 saturated carbocycles. The average Bonchev–Trinajstić information content (AvgIpc) is 3.30. The SMILES string of the molecule is O=C1CCC(=O)N1c1nc2n(n1)[C@@H](c1ccc(Cl)cc1)C=C(c1ccc(Cl)cc1)N2. The van der Waals surface area contributed by atoms with Gasteiger partial charge in [0.2, 0.25) is 17.8 Å². The van der Waals surface area contributed by atoms with Gasteiger partial charge in [-0.05, 0) is 41.5 Å². The Bertz CT molecular complexity index is 1170. The minimum atomic E-state index is -0.307. The third-order valence-corrected chi connectivity index (χ3v) is 5.58.